The monoisotopic (exact) mass is 192 g/mol. The Hall–Kier alpha value is -1.35. The Morgan fingerprint density at radius 3 is 2.54 bits per heavy atom. The number of benzene rings is 1. The summed E-state index contributed by atoms with van der Waals surface area (Å²) < 4.78 is 0. The third kappa shape index (κ3) is 1.70. The lowest BCUT2D eigenvalue weighted by atomic mass is 10.1. The van der Waals surface area contributed by atoms with Gasteiger partial charge in [-0.3, -0.25) is 0 Å². The van der Waals surface area contributed by atoms with Crippen molar-refractivity contribution in [1.82, 2.24) is 0 Å². The number of hydrogen-bond donors (Lipinski definition) is 3. The fourth-order valence-electron chi connectivity index (χ4n) is 1.12. The summed E-state index contributed by atoms with van der Waals surface area (Å²) in [5, 5.41) is 0. The molecule has 0 fully saturated rings. The van der Waals surface area contributed by atoms with Crippen molar-refractivity contribution in [3.8, 4) is 0 Å². The van der Waals surface area contributed by atoms with Crippen LogP contribution in [0.2, 0.25) is 0 Å². The van der Waals surface area contributed by atoms with Crippen LogP contribution in [0.4, 0.5) is 5.69 Å². The van der Waals surface area contributed by atoms with Gasteiger partial charge in [0.15, 0.2) is 0 Å². The third-order valence-corrected chi connectivity index (χ3v) is 2.20. The first-order valence-corrected chi connectivity index (χ1v) is 4.21. The molecule has 0 saturated heterocycles. The van der Waals surface area contributed by atoms with E-state index in [4.69, 9.17) is 11.5 Å². The maximum Gasteiger partial charge on any atom is 0.0492 e. The zero-order valence-corrected chi connectivity index (χ0v) is 8.14. The van der Waals surface area contributed by atoms with Crippen LogP contribution in [0.1, 0.15) is 11.1 Å². The predicted octanol–water partition coefficient (Wildman–Crippen LogP) is 2.13. The Bertz CT molecular complexity index is 369. The number of hydrogen-bond acceptors (Lipinski definition) is 3. The summed E-state index contributed by atoms with van der Waals surface area (Å²) >= 11 is 4.24. The lowest BCUT2D eigenvalue weighted by molar-refractivity contribution is 1.40. The smallest absolute Gasteiger partial charge is 0.0492 e. The van der Waals surface area contributed by atoms with Gasteiger partial charge in [0.1, 0.15) is 0 Å². The molecule has 0 heterocycles. The molecule has 1 aromatic carbocycles. The van der Waals surface area contributed by atoms with Crippen molar-refractivity contribution < 1.29 is 0 Å². The first kappa shape index (κ1) is 9.74. The largest absolute Gasteiger partial charge is 0.399 e. The van der Waals surface area contributed by atoms with Crippen LogP contribution in [-0.4, -0.2) is 0 Å². The number of rotatable bonds is 2. The van der Waals surface area contributed by atoms with E-state index in [1.807, 2.05) is 6.07 Å². The maximum atomic E-state index is 5.83. The molecule has 0 spiro atoms. The molecule has 0 aliphatic rings. The summed E-state index contributed by atoms with van der Waals surface area (Å²) in [6.07, 6.45) is 1.66. The molecule has 0 atom stereocenters. The molecule has 13 heavy (non-hydrogen) atoms. The summed E-state index contributed by atoms with van der Waals surface area (Å²) in [5.41, 5.74) is 14.0. The predicted molar refractivity (Wildman–Crippen MR) is 61.4 cm³/mol. The van der Waals surface area contributed by atoms with Gasteiger partial charge < -0.3 is 11.5 Å². The Morgan fingerprint density at radius 1 is 1.46 bits per heavy atom. The van der Waals surface area contributed by atoms with Gasteiger partial charge in [-0.25, -0.2) is 0 Å². The highest BCUT2D eigenvalue weighted by Crippen LogP contribution is 2.27. The van der Waals surface area contributed by atoms with Gasteiger partial charge in [-0.15, -0.1) is 12.6 Å². The number of nitrogens with two attached hydrogens (primary N) is 2. The van der Waals surface area contributed by atoms with Gasteiger partial charge in [-0.05, 0) is 12.1 Å². The van der Waals surface area contributed by atoms with Crippen molar-refractivity contribution in [2.45, 2.75) is 4.90 Å². The minimum Gasteiger partial charge on any atom is -0.399 e. The first-order valence-electron chi connectivity index (χ1n) is 3.76. The van der Waals surface area contributed by atoms with E-state index in [1.54, 1.807) is 12.1 Å². The van der Waals surface area contributed by atoms with Gasteiger partial charge >= 0.3 is 0 Å². The molecule has 0 amide bonds. The summed E-state index contributed by atoms with van der Waals surface area (Å²) in [7, 11) is 0. The van der Waals surface area contributed by atoms with Crippen LogP contribution in [-0.2, 0) is 0 Å². The molecule has 1 rings (SSSR count). The second kappa shape index (κ2) is 3.58. The van der Waals surface area contributed by atoms with Gasteiger partial charge in [0.25, 0.3) is 0 Å². The highest BCUT2D eigenvalue weighted by molar-refractivity contribution is 7.80. The molecule has 4 N–H and O–H groups in total. The second-order valence-corrected chi connectivity index (χ2v) is 3.17. The zero-order chi connectivity index (χ0) is 10.0. The fourth-order valence-corrected chi connectivity index (χ4v) is 1.41. The molecule has 1 aromatic rings. The van der Waals surface area contributed by atoms with Crippen molar-refractivity contribution in [1.29, 1.82) is 0 Å². The molecule has 0 aromatic heterocycles. The molecule has 0 saturated carbocycles. The standard InChI is InChI=1S/C10H12N2S/c1-3-7-9(13)5-4-8(6(2)11)10(7)12/h3-5,13H,1-2,11-12H2. The Morgan fingerprint density at radius 2 is 2.08 bits per heavy atom. The lowest BCUT2D eigenvalue weighted by Gasteiger charge is -2.09. The van der Waals surface area contributed by atoms with E-state index >= 15 is 0 Å². The average molecular weight is 192 g/mol. The number of thiol groups is 1. The van der Waals surface area contributed by atoms with Crippen LogP contribution in [0.25, 0.3) is 11.8 Å². The Labute approximate surface area is 83.3 Å². The number of anilines is 1. The molecular weight excluding hydrogens is 180 g/mol. The molecule has 0 aliphatic carbocycles. The lowest BCUT2D eigenvalue weighted by Crippen LogP contribution is -2.01. The molecular formula is C10H12N2S. The van der Waals surface area contributed by atoms with Gasteiger partial charge in [0.05, 0.1) is 0 Å². The van der Waals surface area contributed by atoms with Crippen molar-refractivity contribution in [2.75, 3.05) is 5.73 Å². The van der Waals surface area contributed by atoms with E-state index in [9.17, 15) is 0 Å². The zero-order valence-electron chi connectivity index (χ0n) is 7.25. The van der Waals surface area contributed by atoms with Crippen LogP contribution >= 0.6 is 12.6 Å². The molecule has 0 aliphatic heterocycles. The van der Waals surface area contributed by atoms with Gasteiger partial charge in [-0.1, -0.05) is 19.2 Å². The van der Waals surface area contributed by atoms with Crippen LogP contribution in [0.15, 0.2) is 30.2 Å². The minimum absolute atomic E-state index is 0.453. The molecule has 68 valence electrons. The maximum absolute atomic E-state index is 5.83. The van der Waals surface area contributed by atoms with Crippen LogP contribution in [0.5, 0.6) is 0 Å². The average Bonchev–Trinajstić information content (AvgIpc) is 2.04. The van der Waals surface area contributed by atoms with Gasteiger partial charge in [0, 0.05) is 27.4 Å². The minimum atomic E-state index is 0.453. The van der Waals surface area contributed by atoms with E-state index in [0.717, 1.165) is 16.0 Å². The SMILES string of the molecule is C=Cc1c(S)ccc(C(=C)N)c1N. The molecule has 0 radical (unpaired) electrons. The second-order valence-electron chi connectivity index (χ2n) is 2.69. The van der Waals surface area contributed by atoms with Crippen LogP contribution < -0.4 is 11.5 Å². The van der Waals surface area contributed by atoms with Crippen molar-refractivity contribution in [3.63, 3.8) is 0 Å². The van der Waals surface area contributed by atoms with Crippen molar-refractivity contribution in [3.05, 3.63) is 36.4 Å². The third-order valence-electron chi connectivity index (χ3n) is 1.81. The van der Waals surface area contributed by atoms with Crippen molar-refractivity contribution in [2.24, 2.45) is 5.73 Å². The summed E-state index contributed by atoms with van der Waals surface area (Å²) in [6.45, 7) is 7.28. The topological polar surface area (TPSA) is 52.0 Å². The number of nitrogen functional groups attached to an aromatic ring is 1. The normalized spacial score (nSPS) is 9.62. The molecule has 2 nitrogen and oxygen atoms in total. The van der Waals surface area contributed by atoms with E-state index in [-0.39, 0.29) is 0 Å². The van der Waals surface area contributed by atoms with E-state index in [2.05, 4.69) is 25.8 Å². The highest BCUT2D eigenvalue weighted by Gasteiger charge is 2.06. The van der Waals surface area contributed by atoms with Gasteiger partial charge in [-0.2, -0.15) is 0 Å². The summed E-state index contributed by atoms with van der Waals surface area (Å²) in [6, 6.07) is 3.62. The quantitative estimate of drug-likeness (QED) is 0.496. The first-order chi connectivity index (χ1) is 6.07. The van der Waals surface area contributed by atoms with E-state index in [0.29, 0.717) is 11.4 Å². The van der Waals surface area contributed by atoms with Crippen LogP contribution in [0.3, 0.4) is 0 Å². The van der Waals surface area contributed by atoms with Crippen molar-refractivity contribution >= 4 is 30.1 Å². The van der Waals surface area contributed by atoms with E-state index < -0.39 is 0 Å². The Kier molecular flexibility index (Phi) is 2.68. The summed E-state index contributed by atoms with van der Waals surface area (Å²) in [5.74, 6) is 0. The Balaban J connectivity index is 3.44. The fraction of sp³-hybridized carbons (Fsp3) is 0. The molecule has 0 unspecified atom stereocenters. The molecule has 3 heteroatoms. The van der Waals surface area contributed by atoms with Crippen LogP contribution in [0, 0.1) is 0 Å². The highest BCUT2D eigenvalue weighted by atomic mass is 32.1. The van der Waals surface area contributed by atoms with E-state index in [1.165, 1.54) is 0 Å². The van der Waals surface area contributed by atoms with Gasteiger partial charge in [0.2, 0.25) is 0 Å². The molecule has 0 bridgehead atoms. The summed E-state index contributed by atoms with van der Waals surface area (Å²) in [4.78, 5) is 0.789.